The number of nitrogens with one attached hydrogen (secondary N) is 1. The number of hydrogen-bond donors (Lipinski definition) is 1. The molecule has 1 aliphatic carbocycles. The van der Waals surface area contributed by atoms with Crippen LogP contribution in [-0.2, 0) is 10.2 Å². The van der Waals surface area contributed by atoms with Gasteiger partial charge in [-0.2, -0.15) is 0 Å². The van der Waals surface area contributed by atoms with Gasteiger partial charge in [0.15, 0.2) is 0 Å². The van der Waals surface area contributed by atoms with Crippen molar-refractivity contribution in [2.24, 2.45) is 5.41 Å². The molecule has 1 atom stereocenters. The van der Waals surface area contributed by atoms with E-state index in [9.17, 15) is 4.79 Å². The van der Waals surface area contributed by atoms with Crippen LogP contribution < -0.4 is 5.32 Å². The summed E-state index contributed by atoms with van der Waals surface area (Å²) in [7, 11) is 0. The highest BCUT2D eigenvalue weighted by atomic mass is 16.1. The van der Waals surface area contributed by atoms with E-state index in [1.807, 2.05) is 0 Å². The molecule has 1 amide bonds. The van der Waals surface area contributed by atoms with Crippen molar-refractivity contribution in [1.29, 1.82) is 0 Å². The van der Waals surface area contributed by atoms with Crippen molar-refractivity contribution in [2.75, 3.05) is 19.6 Å². The van der Waals surface area contributed by atoms with E-state index in [-0.39, 0.29) is 17.4 Å². The van der Waals surface area contributed by atoms with Crippen LogP contribution in [0, 0.1) is 12.3 Å². The number of piperidine rings is 1. The first-order chi connectivity index (χ1) is 11.7. The third-order valence-electron chi connectivity index (χ3n) is 6.12. The molecule has 1 heterocycles. The minimum Gasteiger partial charge on any atom is -0.349 e. The SMILES string of the molecule is CC(=O)N[C@H]1CC2(CCN(CCC(C)(C)C)CC2)c2ccc(C)cc21. The van der Waals surface area contributed by atoms with Gasteiger partial charge in [-0.15, -0.1) is 0 Å². The number of benzene rings is 1. The number of carbonyl (C=O) groups is 1. The summed E-state index contributed by atoms with van der Waals surface area (Å²) in [5, 5.41) is 3.20. The average molecular weight is 343 g/mol. The number of rotatable bonds is 3. The summed E-state index contributed by atoms with van der Waals surface area (Å²) in [6, 6.07) is 7.05. The number of hydrogen-bond acceptors (Lipinski definition) is 2. The number of nitrogens with zero attached hydrogens (tertiary/aromatic N) is 1. The standard InChI is InChI=1S/C22H34N2O/c1-16-6-7-19-18(14-16)20(23-17(2)25)15-22(19)9-12-24(13-10-22)11-8-21(3,4)5/h6-7,14,20H,8-13,15H2,1-5H3,(H,23,25)/t20-/m0/s1. The Morgan fingerprint density at radius 1 is 1.28 bits per heavy atom. The molecule has 1 aliphatic heterocycles. The van der Waals surface area contributed by atoms with Crippen LogP contribution in [0.2, 0.25) is 0 Å². The fourth-order valence-electron chi connectivity index (χ4n) is 4.61. The minimum absolute atomic E-state index is 0.0807. The zero-order chi connectivity index (χ0) is 18.2. The second-order valence-electron chi connectivity index (χ2n) is 9.48. The van der Waals surface area contributed by atoms with Crippen LogP contribution in [-0.4, -0.2) is 30.4 Å². The van der Waals surface area contributed by atoms with Crippen molar-refractivity contribution in [2.45, 2.75) is 71.8 Å². The van der Waals surface area contributed by atoms with E-state index in [2.05, 4.69) is 56.1 Å². The Morgan fingerprint density at radius 3 is 2.56 bits per heavy atom. The van der Waals surface area contributed by atoms with Crippen LogP contribution in [0.4, 0.5) is 0 Å². The summed E-state index contributed by atoms with van der Waals surface area (Å²) >= 11 is 0. The molecular weight excluding hydrogens is 308 g/mol. The van der Waals surface area contributed by atoms with E-state index < -0.39 is 0 Å². The lowest BCUT2D eigenvalue weighted by Crippen LogP contribution is -2.43. The van der Waals surface area contributed by atoms with Crippen LogP contribution in [0.3, 0.4) is 0 Å². The predicted octanol–water partition coefficient (Wildman–Crippen LogP) is 4.35. The van der Waals surface area contributed by atoms with Gasteiger partial charge in [-0.25, -0.2) is 0 Å². The lowest BCUT2D eigenvalue weighted by molar-refractivity contribution is -0.119. The van der Waals surface area contributed by atoms with E-state index in [0.717, 1.165) is 6.42 Å². The highest BCUT2D eigenvalue weighted by Gasteiger charge is 2.45. The van der Waals surface area contributed by atoms with Crippen LogP contribution in [0.25, 0.3) is 0 Å². The molecule has 138 valence electrons. The zero-order valence-electron chi connectivity index (χ0n) is 16.6. The summed E-state index contributed by atoms with van der Waals surface area (Å²) in [5.74, 6) is 0.0807. The molecule has 0 radical (unpaired) electrons. The van der Waals surface area contributed by atoms with Gasteiger partial charge in [-0.3, -0.25) is 4.79 Å². The Hall–Kier alpha value is -1.35. The molecule has 1 aromatic carbocycles. The molecule has 0 aromatic heterocycles. The summed E-state index contributed by atoms with van der Waals surface area (Å²) in [4.78, 5) is 14.3. The first-order valence-corrected chi connectivity index (χ1v) is 9.79. The monoisotopic (exact) mass is 342 g/mol. The number of carbonyl (C=O) groups excluding carboxylic acids is 1. The second-order valence-corrected chi connectivity index (χ2v) is 9.48. The zero-order valence-corrected chi connectivity index (χ0v) is 16.6. The molecule has 1 saturated heterocycles. The first kappa shape index (κ1) is 18.4. The number of likely N-dealkylation sites (tertiary alicyclic amines) is 1. The van der Waals surface area contributed by atoms with Gasteiger partial charge in [0, 0.05) is 12.3 Å². The van der Waals surface area contributed by atoms with Gasteiger partial charge in [-0.05, 0) is 68.8 Å². The summed E-state index contributed by atoms with van der Waals surface area (Å²) < 4.78 is 0. The van der Waals surface area contributed by atoms with Crippen LogP contribution in [0.5, 0.6) is 0 Å². The van der Waals surface area contributed by atoms with Gasteiger partial charge in [0.25, 0.3) is 0 Å². The highest BCUT2D eigenvalue weighted by Crippen LogP contribution is 2.51. The summed E-state index contributed by atoms with van der Waals surface area (Å²) in [5.41, 5.74) is 4.80. The molecule has 1 spiro atoms. The van der Waals surface area contributed by atoms with Crippen molar-refractivity contribution in [3.63, 3.8) is 0 Å². The second kappa shape index (κ2) is 6.75. The predicted molar refractivity (Wildman–Crippen MR) is 104 cm³/mol. The Kier molecular flexibility index (Phi) is 4.98. The molecule has 0 unspecified atom stereocenters. The van der Waals surface area contributed by atoms with Crippen molar-refractivity contribution in [1.82, 2.24) is 10.2 Å². The summed E-state index contributed by atoms with van der Waals surface area (Å²) in [6.07, 6.45) is 4.75. The van der Waals surface area contributed by atoms with Crippen molar-refractivity contribution in [3.05, 3.63) is 34.9 Å². The Labute approximate surface area is 153 Å². The first-order valence-electron chi connectivity index (χ1n) is 9.79. The third kappa shape index (κ3) is 4.08. The topological polar surface area (TPSA) is 32.3 Å². The molecule has 3 heteroatoms. The molecule has 3 nitrogen and oxygen atoms in total. The molecular formula is C22H34N2O. The fraction of sp³-hybridized carbons (Fsp3) is 0.682. The Bertz CT molecular complexity index is 636. The third-order valence-corrected chi connectivity index (χ3v) is 6.12. The van der Waals surface area contributed by atoms with Crippen LogP contribution in [0.1, 0.15) is 76.1 Å². The van der Waals surface area contributed by atoms with Gasteiger partial charge in [0.1, 0.15) is 0 Å². The van der Waals surface area contributed by atoms with Gasteiger partial charge < -0.3 is 10.2 Å². The van der Waals surface area contributed by atoms with Crippen molar-refractivity contribution >= 4 is 5.91 Å². The molecule has 0 bridgehead atoms. The lowest BCUT2D eigenvalue weighted by atomic mass is 9.73. The Morgan fingerprint density at radius 2 is 1.96 bits per heavy atom. The lowest BCUT2D eigenvalue weighted by Gasteiger charge is -2.41. The summed E-state index contributed by atoms with van der Waals surface area (Å²) in [6.45, 7) is 14.3. The van der Waals surface area contributed by atoms with Crippen molar-refractivity contribution < 1.29 is 4.79 Å². The highest BCUT2D eigenvalue weighted by molar-refractivity contribution is 5.74. The normalized spacial score (nSPS) is 22.8. The fourth-order valence-corrected chi connectivity index (χ4v) is 4.61. The Balaban J connectivity index is 1.74. The van der Waals surface area contributed by atoms with E-state index >= 15 is 0 Å². The van der Waals surface area contributed by atoms with E-state index in [1.165, 1.54) is 55.6 Å². The molecule has 0 saturated carbocycles. The number of fused-ring (bicyclic) bond motifs is 2. The molecule has 1 fully saturated rings. The van der Waals surface area contributed by atoms with E-state index in [0.29, 0.717) is 5.41 Å². The van der Waals surface area contributed by atoms with Gasteiger partial charge in [-0.1, -0.05) is 44.5 Å². The van der Waals surface area contributed by atoms with E-state index in [1.54, 1.807) is 6.92 Å². The van der Waals surface area contributed by atoms with Crippen LogP contribution in [0.15, 0.2) is 18.2 Å². The molecule has 1 N–H and O–H groups in total. The quantitative estimate of drug-likeness (QED) is 0.886. The molecule has 3 rings (SSSR count). The van der Waals surface area contributed by atoms with Gasteiger partial charge >= 0.3 is 0 Å². The smallest absolute Gasteiger partial charge is 0.217 e. The number of amides is 1. The largest absolute Gasteiger partial charge is 0.349 e. The van der Waals surface area contributed by atoms with Crippen molar-refractivity contribution in [3.8, 4) is 0 Å². The molecule has 1 aromatic rings. The van der Waals surface area contributed by atoms with Gasteiger partial charge in [0.2, 0.25) is 5.91 Å². The maximum Gasteiger partial charge on any atom is 0.217 e. The molecule has 25 heavy (non-hydrogen) atoms. The van der Waals surface area contributed by atoms with Gasteiger partial charge in [0.05, 0.1) is 6.04 Å². The minimum atomic E-state index is 0.0807. The number of aryl methyl sites for hydroxylation is 1. The molecule has 2 aliphatic rings. The van der Waals surface area contributed by atoms with Crippen LogP contribution >= 0.6 is 0 Å². The average Bonchev–Trinajstić information content (AvgIpc) is 2.78. The maximum absolute atomic E-state index is 11.7. The van der Waals surface area contributed by atoms with E-state index in [4.69, 9.17) is 0 Å². The maximum atomic E-state index is 11.7.